The summed E-state index contributed by atoms with van der Waals surface area (Å²) < 4.78 is 36.6. The molecule has 7 heterocycles. The van der Waals surface area contributed by atoms with Gasteiger partial charge in [-0.25, -0.2) is 4.98 Å². The Balaban J connectivity index is 0.805. The fourth-order valence-electron chi connectivity index (χ4n) is 17.2. The van der Waals surface area contributed by atoms with Crippen LogP contribution in [0.5, 0.6) is 46.0 Å². The average molecular weight is 1270 g/mol. The Kier molecular flexibility index (Phi) is 11.6. The van der Waals surface area contributed by atoms with Crippen LogP contribution in [0.4, 0.5) is 0 Å². The van der Waals surface area contributed by atoms with Crippen molar-refractivity contribution in [2.24, 2.45) is 0 Å². The highest BCUT2D eigenvalue weighted by molar-refractivity contribution is 7.13. The minimum Gasteiger partial charge on any atom is -0.458 e. The van der Waals surface area contributed by atoms with Gasteiger partial charge in [0.2, 0.25) is 5.78 Å². The number of imidazole rings is 2. The van der Waals surface area contributed by atoms with Gasteiger partial charge in [0.05, 0.1) is 22.1 Å². The van der Waals surface area contributed by atoms with Crippen molar-refractivity contribution in [3.05, 3.63) is 328 Å². The van der Waals surface area contributed by atoms with Crippen molar-refractivity contribution in [2.45, 2.75) is 0 Å². The first-order valence-corrected chi connectivity index (χ1v) is 37.1. The quantitative estimate of drug-likeness (QED) is 0.106. The Bertz CT molecular complexity index is 6080. The van der Waals surface area contributed by atoms with Crippen LogP contribution < -0.4 is 82.8 Å². The van der Waals surface area contributed by atoms with Gasteiger partial charge >= 0.3 is 0 Å². The number of benzene rings is 14. The van der Waals surface area contributed by atoms with Crippen LogP contribution >= 0.6 is 0 Å². The predicted octanol–water partition coefficient (Wildman–Crippen LogP) is 11.7. The molecule has 452 valence electrons. The maximum Gasteiger partial charge on any atom is 0.264 e. The monoisotopic (exact) mass is 1270 g/mol. The number of hydrogen-bond donors (Lipinski definition) is 0. The standard InChI is InChI=1S/C85H54B2N4O4Si2/c1-4-24-57(25-5-1)96(58-26-6-2-7-27-58,79-52-50-77-81-83(79)94-75-42-22-13-33-65(75)86(81)63-31-11-20-40-73(63)92-77)90-68-36-16-10-30-61(68)62-54-56(46-49-69(62)90)55-44-47-60(48-45-55)97(59-28-8-3-9-29-59,91-72-39-19-18-38-71(72)89-70-37-17-15-35-67(70)88-85(89)91)80-53-51-78-82-84(80)95-76-43-23-14-34-66(76)87(82)64-32-12-21-41-74(64)93-78/h1-54H. The lowest BCUT2D eigenvalue weighted by Gasteiger charge is -2.40. The Hall–Kier alpha value is -12.1. The molecule has 17 aromatic rings. The van der Waals surface area contributed by atoms with E-state index in [2.05, 4.69) is 340 Å². The number of fused-ring (bicyclic) bond motifs is 16. The highest BCUT2D eigenvalue weighted by Gasteiger charge is 2.53. The van der Waals surface area contributed by atoms with Crippen molar-refractivity contribution in [3.8, 4) is 57.1 Å². The first kappa shape index (κ1) is 54.3. The fourth-order valence-corrected chi connectivity index (χ4v) is 27.1. The Labute approximate surface area is 561 Å². The van der Waals surface area contributed by atoms with E-state index in [1.54, 1.807) is 0 Å². The number of aromatic nitrogens is 4. The molecule has 3 aromatic heterocycles. The van der Waals surface area contributed by atoms with Crippen LogP contribution in [0.3, 0.4) is 0 Å². The molecule has 1 atom stereocenters. The molecule has 1 unspecified atom stereocenters. The summed E-state index contributed by atoms with van der Waals surface area (Å²) in [5.74, 6) is 7.59. The number of rotatable bonds is 9. The molecule has 4 aliphatic heterocycles. The number of hydrogen-bond acceptors (Lipinski definition) is 5. The molecule has 0 N–H and O–H groups in total. The third-order valence-electron chi connectivity index (χ3n) is 21.1. The van der Waals surface area contributed by atoms with Crippen LogP contribution in [-0.2, 0) is 0 Å². The summed E-state index contributed by atoms with van der Waals surface area (Å²) in [4.78, 5) is 5.66. The average Bonchev–Trinajstić information content (AvgIpc) is 1.68. The summed E-state index contributed by atoms with van der Waals surface area (Å²) in [5, 5.41) is 9.38. The number of nitrogens with zero attached hydrogens (tertiary/aromatic N) is 4. The lowest BCUT2D eigenvalue weighted by atomic mass is 9.35. The van der Waals surface area contributed by atoms with Gasteiger partial charge < -0.3 is 27.4 Å². The zero-order valence-electron chi connectivity index (χ0n) is 52.3. The molecule has 21 rings (SSSR count). The van der Waals surface area contributed by atoms with Gasteiger partial charge in [-0.3, -0.25) is 4.40 Å². The molecular formula is C85H54B2N4O4Si2. The zero-order chi connectivity index (χ0) is 63.5. The minimum atomic E-state index is -3.71. The molecule has 12 heteroatoms. The van der Waals surface area contributed by atoms with Crippen LogP contribution in [0.1, 0.15) is 0 Å². The summed E-state index contributed by atoms with van der Waals surface area (Å²) in [7, 11) is -7.23. The Morgan fingerprint density at radius 3 is 1.22 bits per heavy atom. The lowest BCUT2D eigenvalue weighted by molar-refractivity contribution is 0.466. The smallest absolute Gasteiger partial charge is 0.264 e. The second kappa shape index (κ2) is 20.7. The topological polar surface area (TPSA) is 64.1 Å². The van der Waals surface area contributed by atoms with Crippen LogP contribution in [0.25, 0.3) is 60.8 Å². The van der Waals surface area contributed by atoms with E-state index >= 15 is 0 Å². The first-order valence-electron chi connectivity index (χ1n) is 33.2. The summed E-state index contributed by atoms with van der Waals surface area (Å²) in [5.41, 5.74) is 15.2. The second-order valence-corrected chi connectivity index (χ2v) is 33.0. The van der Waals surface area contributed by atoms with Crippen molar-refractivity contribution in [2.75, 3.05) is 0 Å². The molecule has 0 bridgehead atoms. The van der Waals surface area contributed by atoms with E-state index in [1.165, 1.54) is 31.5 Å². The maximum atomic E-state index is 7.55. The largest absolute Gasteiger partial charge is 0.458 e. The highest BCUT2D eigenvalue weighted by Crippen LogP contribution is 2.42. The van der Waals surface area contributed by atoms with Crippen LogP contribution in [-0.4, -0.2) is 47.7 Å². The molecule has 0 aliphatic carbocycles. The second-order valence-electron chi connectivity index (χ2n) is 25.9. The molecular weight excluding hydrogens is 1220 g/mol. The van der Waals surface area contributed by atoms with Gasteiger partial charge in [0, 0.05) is 43.1 Å². The molecule has 0 radical (unpaired) electrons. The molecule has 0 spiro atoms. The van der Waals surface area contributed by atoms with Crippen LogP contribution in [0, 0.1) is 0 Å². The van der Waals surface area contributed by atoms with Crippen molar-refractivity contribution < 1.29 is 18.9 Å². The number of para-hydroxylation sites is 9. The molecule has 8 nitrogen and oxygen atoms in total. The third kappa shape index (κ3) is 7.50. The molecule has 4 aliphatic rings. The van der Waals surface area contributed by atoms with Crippen molar-refractivity contribution in [1.29, 1.82) is 0 Å². The molecule has 0 fully saturated rings. The van der Waals surface area contributed by atoms with Gasteiger partial charge in [0.1, 0.15) is 46.0 Å². The van der Waals surface area contributed by atoms with Gasteiger partial charge in [-0.2, -0.15) is 0 Å². The number of ether oxygens (including phenoxy) is 4. The molecule has 97 heavy (non-hydrogen) atoms. The summed E-state index contributed by atoms with van der Waals surface area (Å²) in [6, 6.07) is 120. The van der Waals surface area contributed by atoms with E-state index in [9.17, 15) is 0 Å². The van der Waals surface area contributed by atoms with Crippen molar-refractivity contribution in [3.63, 3.8) is 0 Å². The van der Waals surface area contributed by atoms with Gasteiger partial charge in [0.15, 0.2) is 0 Å². The summed E-state index contributed by atoms with van der Waals surface area (Å²) in [6.45, 7) is -0.233. The van der Waals surface area contributed by atoms with Crippen LogP contribution in [0.2, 0.25) is 0 Å². The Morgan fingerprint density at radius 1 is 0.278 bits per heavy atom. The van der Waals surface area contributed by atoms with E-state index in [1.807, 2.05) is 0 Å². The van der Waals surface area contributed by atoms with E-state index < -0.39 is 16.5 Å². The van der Waals surface area contributed by atoms with E-state index in [4.69, 9.17) is 23.9 Å². The van der Waals surface area contributed by atoms with Gasteiger partial charge in [-0.1, -0.05) is 249 Å². The Morgan fingerprint density at radius 2 is 0.680 bits per heavy atom. The van der Waals surface area contributed by atoms with Crippen LogP contribution in [0.15, 0.2) is 328 Å². The zero-order valence-corrected chi connectivity index (χ0v) is 54.3. The first-order chi connectivity index (χ1) is 48.1. The lowest BCUT2D eigenvalue weighted by Crippen LogP contribution is -2.73. The third-order valence-corrected chi connectivity index (χ3v) is 30.4. The maximum absolute atomic E-state index is 7.55. The molecule has 0 amide bonds. The van der Waals surface area contributed by atoms with Gasteiger partial charge in [-0.05, 0) is 133 Å². The SMILES string of the molecule is c1ccc([Si](c2ccccc2)(c2ccc3c4c2Oc2ccccc2B4c2ccccc2O3)n2c3ccccc3c3cc(-c4ccc([Si](c5ccccc5)(c5ccc6c7c5Oc5ccccc5B7c5ccccc5O6)n5c6ccccc6n6c7ccccc7nc56)cc4)ccc32)cc1. The van der Waals surface area contributed by atoms with Gasteiger partial charge in [0.25, 0.3) is 29.9 Å². The summed E-state index contributed by atoms with van der Waals surface area (Å²) in [6.07, 6.45) is 0. The normalized spacial score (nSPS) is 13.7. The fraction of sp³-hybridized carbons (Fsp3) is 0. The molecule has 14 aromatic carbocycles. The highest BCUT2D eigenvalue weighted by atomic mass is 28.3. The molecule has 0 saturated heterocycles. The van der Waals surface area contributed by atoms with Gasteiger partial charge in [-0.15, -0.1) is 0 Å². The van der Waals surface area contributed by atoms with E-state index in [0.29, 0.717) is 0 Å². The summed E-state index contributed by atoms with van der Waals surface area (Å²) >= 11 is 0. The van der Waals surface area contributed by atoms with Crippen molar-refractivity contribution >= 4 is 143 Å². The molecule has 0 saturated carbocycles. The van der Waals surface area contributed by atoms with Crippen molar-refractivity contribution in [1.82, 2.24) is 17.9 Å². The van der Waals surface area contributed by atoms with E-state index in [-0.39, 0.29) is 13.4 Å². The minimum absolute atomic E-state index is 0.1000. The predicted molar refractivity (Wildman–Crippen MR) is 401 cm³/mol. The van der Waals surface area contributed by atoms with E-state index in [0.717, 1.165) is 139 Å².